The van der Waals surface area contributed by atoms with Crippen molar-refractivity contribution < 1.29 is 19.1 Å². The minimum Gasteiger partial charge on any atom is -0.466 e. The van der Waals surface area contributed by atoms with Crippen LogP contribution < -0.4 is 0 Å². The van der Waals surface area contributed by atoms with Crippen LogP contribution in [0.15, 0.2) is 0 Å². The van der Waals surface area contributed by atoms with Crippen LogP contribution >= 0.6 is 0 Å². The highest BCUT2D eigenvalue weighted by molar-refractivity contribution is 5.69. The van der Waals surface area contributed by atoms with Gasteiger partial charge in [0, 0.05) is 13.3 Å². The van der Waals surface area contributed by atoms with Crippen LogP contribution in [-0.4, -0.2) is 25.2 Å². The molecule has 0 amide bonds. The third-order valence-corrected chi connectivity index (χ3v) is 1.38. The largest absolute Gasteiger partial charge is 0.466 e. The Morgan fingerprint density at radius 3 is 1.94 bits per heavy atom. The fourth-order valence-electron chi connectivity index (χ4n) is 0.739. The first-order valence-electron chi connectivity index (χ1n) is 5.72. The van der Waals surface area contributed by atoms with E-state index in [1.165, 1.54) is 6.92 Å². The molecule has 0 aliphatic carbocycles. The number of carbonyl (C=O) groups is 2. The first-order chi connectivity index (χ1) is 7.43. The minimum absolute atomic E-state index is 0.0730. The minimum atomic E-state index is -0.211. The van der Waals surface area contributed by atoms with E-state index in [0.717, 1.165) is 6.42 Å². The molecule has 0 N–H and O–H groups in total. The zero-order valence-corrected chi connectivity index (χ0v) is 11.0. The van der Waals surface area contributed by atoms with Crippen LogP contribution in [0, 0.1) is 5.92 Å². The first kappa shape index (κ1) is 17.3. The molecule has 0 unspecified atom stereocenters. The average molecular weight is 232 g/mol. The fraction of sp³-hybridized carbons (Fsp3) is 0.833. The lowest BCUT2D eigenvalue weighted by atomic mass is 10.2. The average Bonchev–Trinajstić information content (AvgIpc) is 2.16. The highest BCUT2D eigenvalue weighted by Gasteiger charge is 2.01. The molecule has 0 spiro atoms. The van der Waals surface area contributed by atoms with Crippen molar-refractivity contribution in [3.05, 3.63) is 0 Å². The van der Waals surface area contributed by atoms with Gasteiger partial charge in [-0.15, -0.1) is 0 Å². The van der Waals surface area contributed by atoms with Crippen molar-refractivity contribution in [3.8, 4) is 0 Å². The van der Waals surface area contributed by atoms with Crippen molar-refractivity contribution in [2.24, 2.45) is 5.92 Å². The van der Waals surface area contributed by atoms with Gasteiger partial charge in [-0.2, -0.15) is 0 Å². The van der Waals surface area contributed by atoms with Crippen LogP contribution in [-0.2, 0) is 19.1 Å². The first-order valence-corrected chi connectivity index (χ1v) is 5.72. The van der Waals surface area contributed by atoms with Crippen LogP contribution in [0.2, 0.25) is 0 Å². The van der Waals surface area contributed by atoms with Gasteiger partial charge < -0.3 is 9.47 Å². The Morgan fingerprint density at radius 1 is 1.12 bits per heavy atom. The third-order valence-electron chi connectivity index (χ3n) is 1.38. The van der Waals surface area contributed by atoms with Crippen molar-refractivity contribution in [1.29, 1.82) is 0 Å². The molecule has 0 bridgehead atoms. The van der Waals surface area contributed by atoms with Crippen molar-refractivity contribution in [2.75, 3.05) is 13.2 Å². The van der Waals surface area contributed by atoms with Gasteiger partial charge in [-0.25, -0.2) is 0 Å². The van der Waals surface area contributed by atoms with Gasteiger partial charge in [0.15, 0.2) is 0 Å². The molecule has 0 atom stereocenters. The molecular weight excluding hydrogens is 208 g/mol. The van der Waals surface area contributed by atoms with Crippen molar-refractivity contribution in [1.82, 2.24) is 0 Å². The maximum atomic E-state index is 10.7. The summed E-state index contributed by atoms with van der Waals surface area (Å²) in [5.41, 5.74) is 0. The van der Waals surface area contributed by atoms with Crippen LogP contribution in [0.5, 0.6) is 0 Å². The molecule has 0 aliphatic rings. The summed E-state index contributed by atoms with van der Waals surface area (Å²) in [6, 6.07) is 0. The molecule has 0 aromatic rings. The van der Waals surface area contributed by atoms with E-state index in [1.807, 2.05) is 20.8 Å². The van der Waals surface area contributed by atoms with Gasteiger partial charge in [-0.05, 0) is 19.3 Å². The number of hydrogen-bond donors (Lipinski definition) is 0. The zero-order valence-electron chi connectivity index (χ0n) is 11.0. The van der Waals surface area contributed by atoms with E-state index >= 15 is 0 Å². The second-order valence-electron chi connectivity index (χ2n) is 3.75. The summed E-state index contributed by atoms with van der Waals surface area (Å²) >= 11 is 0. The summed E-state index contributed by atoms with van der Waals surface area (Å²) in [6.07, 6.45) is 1.42. The Hall–Kier alpha value is -1.06. The molecular formula is C12H24O4. The van der Waals surface area contributed by atoms with Crippen LogP contribution in [0.3, 0.4) is 0 Å². The highest BCUT2D eigenvalue weighted by Crippen LogP contribution is 1.96. The molecule has 96 valence electrons. The number of hydrogen-bond acceptors (Lipinski definition) is 4. The molecule has 16 heavy (non-hydrogen) atoms. The van der Waals surface area contributed by atoms with E-state index in [-0.39, 0.29) is 11.9 Å². The van der Waals surface area contributed by atoms with Crippen molar-refractivity contribution >= 4 is 11.9 Å². The van der Waals surface area contributed by atoms with Crippen LogP contribution in [0.1, 0.15) is 47.5 Å². The smallest absolute Gasteiger partial charge is 0.305 e. The number of carbonyl (C=O) groups excluding carboxylic acids is 2. The molecule has 0 heterocycles. The van der Waals surface area contributed by atoms with Gasteiger partial charge in [0.2, 0.25) is 0 Å². The molecule has 0 radical (unpaired) electrons. The van der Waals surface area contributed by atoms with Crippen LogP contribution in [0.25, 0.3) is 0 Å². The summed E-state index contributed by atoms with van der Waals surface area (Å²) in [6.45, 7) is 10.2. The standard InChI is InChI=1S/C8H16O2.C4H8O2/c1-4-5-8(9)10-6-7(2)3;1-3-6-4(2)5/h7H,4-6H2,1-3H3;3H2,1-2H3. The van der Waals surface area contributed by atoms with Gasteiger partial charge in [0.05, 0.1) is 13.2 Å². The lowest BCUT2D eigenvalue weighted by Gasteiger charge is -2.05. The Morgan fingerprint density at radius 2 is 1.69 bits per heavy atom. The number of esters is 2. The highest BCUT2D eigenvalue weighted by atomic mass is 16.5. The second-order valence-corrected chi connectivity index (χ2v) is 3.75. The molecule has 0 aliphatic heterocycles. The molecule has 4 heteroatoms. The summed E-state index contributed by atoms with van der Waals surface area (Å²) in [4.78, 5) is 20.5. The number of ether oxygens (including phenoxy) is 2. The topological polar surface area (TPSA) is 52.6 Å². The molecule has 0 aromatic heterocycles. The second kappa shape index (κ2) is 12.0. The van der Waals surface area contributed by atoms with E-state index in [0.29, 0.717) is 25.6 Å². The lowest BCUT2D eigenvalue weighted by Crippen LogP contribution is -2.08. The van der Waals surface area contributed by atoms with Crippen molar-refractivity contribution in [2.45, 2.75) is 47.5 Å². The predicted molar refractivity (Wildman–Crippen MR) is 63.0 cm³/mol. The molecule has 0 rings (SSSR count). The Bertz CT molecular complexity index is 187. The van der Waals surface area contributed by atoms with Gasteiger partial charge >= 0.3 is 11.9 Å². The lowest BCUT2D eigenvalue weighted by molar-refractivity contribution is -0.144. The molecule has 0 saturated carbocycles. The van der Waals surface area contributed by atoms with E-state index in [2.05, 4.69) is 4.74 Å². The quantitative estimate of drug-likeness (QED) is 0.683. The molecule has 0 aromatic carbocycles. The van der Waals surface area contributed by atoms with E-state index in [4.69, 9.17) is 4.74 Å². The predicted octanol–water partition coefficient (Wildman–Crippen LogP) is 2.56. The van der Waals surface area contributed by atoms with E-state index in [9.17, 15) is 9.59 Å². The summed E-state index contributed by atoms with van der Waals surface area (Å²) in [7, 11) is 0. The Labute approximate surface area is 98.3 Å². The summed E-state index contributed by atoms with van der Waals surface area (Å²) in [5.74, 6) is 0.162. The van der Waals surface area contributed by atoms with Gasteiger partial charge in [0.25, 0.3) is 0 Å². The fourth-order valence-corrected chi connectivity index (χ4v) is 0.739. The maximum absolute atomic E-state index is 10.7. The Kier molecular flexibility index (Phi) is 13.0. The molecule has 4 nitrogen and oxygen atoms in total. The summed E-state index contributed by atoms with van der Waals surface area (Å²) in [5, 5.41) is 0. The summed E-state index contributed by atoms with van der Waals surface area (Å²) < 4.78 is 9.31. The van der Waals surface area contributed by atoms with Gasteiger partial charge in [-0.1, -0.05) is 20.8 Å². The molecule has 0 fully saturated rings. The van der Waals surface area contributed by atoms with Gasteiger partial charge in [-0.3, -0.25) is 9.59 Å². The van der Waals surface area contributed by atoms with E-state index < -0.39 is 0 Å². The van der Waals surface area contributed by atoms with Crippen molar-refractivity contribution in [3.63, 3.8) is 0 Å². The van der Waals surface area contributed by atoms with Gasteiger partial charge in [0.1, 0.15) is 0 Å². The van der Waals surface area contributed by atoms with Crippen LogP contribution in [0.4, 0.5) is 0 Å². The molecule has 0 saturated heterocycles. The van der Waals surface area contributed by atoms with E-state index in [1.54, 1.807) is 6.92 Å². The normalized spacial score (nSPS) is 9.12. The monoisotopic (exact) mass is 232 g/mol. The zero-order chi connectivity index (χ0) is 13.0. The number of rotatable bonds is 5. The third kappa shape index (κ3) is 18.7. The SMILES string of the molecule is CCCC(=O)OCC(C)C.CCOC(C)=O. The Balaban J connectivity index is 0. The maximum Gasteiger partial charge on any atom is 0.305 e.